The number of rotatable bonds is 8. The van der Waals surface area contributed by atoms with Crippen molar-refractivity contribution in [1.82, 2.24) is 0 Å². The predicted octanol–water partition coefficient (Wildman–Crippen LogP) is 4.79. The molecule has 156 valence electrons. The number of esters is 1. The first-order chi connectivity index (χ1) is 14.5. The van der Waals surface area contributed by atoms with E-state index in [-0.39, 0.29) is 18.9 Å². The van der Waals surface area contributed by atoms with Crippen molar-refractivity contribution in [1.29, 1.82) is 0 Å². The number of anilines is 1. The van der Waals surface area contributed by atoms with Gasteiger partial charge in [0, 0.05) is 4.88 Å². The van der Waals surface area contributed by atoms with Gasteiger partial charge in [-0.1, -0.05) is 36.4 Å². The molecular weight excluding hydrogens is 402 g/mol. The number of methoxy groups -OCH3 is 2. The Morgan fingerprint density at radius 3 is 2.37 bits per heavy atom. The third kappa shape index (κ3) is 4.99. The van der Waals surface area contributed by atoms with Gasteiger partial charge in [0.2, 0.25) is 5.91 Å². The maximum atomic E-state index is 12.7. The summed E-state index contributed by atoms with van der Waals surface area (Å²) in [6, 6.07) is 16.8. The molecule has 0 aliphatic rings. The lowest BCUT2D eigenvalue weighted by Gasteiger charge is -2.10. The highest BCUT2D eigenvalue weighted by molar-refractivity contribution is 7.20. The number of carbonyl (C=O) groups is 2. The minimum atomic E-state index is -0.461. The second-order valence-corrected chi connectivity index (χ2v) is 7.41. The largest absolute Gasteiger partial charge is 0.493 e. The number of hydrogen-bond donors (Lipinski definition) is 1. The fourth-order valence-corrected chi connectivity index (χ4v) is 4.00. The van der Waals surface area contributed by atoms with Gasteiger partial charge in [0.15, 0.2) is 11.5 Å². The van der Waals surface area contributed by atoms with Crippen LogP contribution in [-0.2, 0) is 16.0 Å². The molecule has 30 heavy (non-hydrogen) atoms. The monoisotopic (exact) mass is 425 g/mol. The summed E-state index contributed by atoms with van der Waals surface area (Å²) in [4.78, 5) is 26.0. The number of carbonyl (C=O) groups excluding carboxylic acids is 2. The van der Waals surface area contributed by atoms with Crippen LogP contribution in [0.1, 0.15) is 22.8 Å². The molecule has 0 fully saturated rings. The van der Waals surface area contributed by atoms with Gasteiger partial charge in [-0.05, 0) is 36.2 Å². The Bertz CT molecular complexity index is 1030. The lowest BCUT2D eigenvalue weighted by Crippen LogP contribution is -2.16. The van der Waals surface area contributed by atoms with E-state index < -0.39 is 5.97 Å². The molecular formula is C23H23NO5S. The highest BCUT2D eigenvalue weighted by atomic mass is 32.1. The van der Waals surface area contributed by atoms with Crippen LogP contribution in [0.4, 0.5) is 5.00 Å². The van der Waals surface area contributed by atoms with Gasteiger partial charge in [0.05, 0.1) is 32.8 Å². The van der Waals surface area contributed by atoms with Gasteiger partial charge in [0.1, 0.15) is 5.00 Å². The highest BCUT2D eigenvalue weighted by Crippen LogP contribution is 2.36. The van der Waals surface area contributed by atoms with Crippen LogP contribution in [0.3, 0.4) is 0 Å². The Kier molecular flexibility index (Phi) is 7.08. The second-order valence-electron chi connectivity index (χ2n) is 6.35. The molecule has 0 saturated carbocycles. The van der Waals surface area contributed by atoms with Gasteiger partial charge in [-0.2, -0.15) is 0 Å². The Morgan fingerprint density at radius 2 is 1.70 bits per heavy atom. The molecule has 1 N–H and O–H groups in total. The molecule has 0 bridgehead atoms. The summed E-state index contributed by atoms with van der Waals surface area (Å²) < 4.78 is 15.7. The van der Waals surface area contributed by atoms with E-state index in [1.54, 1.807) is 45.4 Å². The highest BCUT2D eigenvalue weighted by Gasteiger charge is 2.20. The predicted molar refractivity (Wildman–Crippen MR) is 118 cm³/mol. The standard InChI is InChI=1S/C23H23NO5S/c1-4-29-23(26)17-14-20(16-8-6-5-7-9-16)30-22(17)24-21(25)13-15-10-11-18(27-2)19(12-15)28-3/h5-12,14H,4,13H2,1-3H3,(H,24,25). The van der Waals surface area contributed by atoms with Crippen molar-refractivity contribution in [3.8, 4) is 21.9 Å². The van der Waals surface area contributed by atoms with E-state index in [4.69, 9.17) is 14.2 Å². The normalized spacial score (nSPS) is 10.4. The molecule has 1 aromatic heterocycles. The van der Waals surface area contributed by atoms with Crippen LogP contribution in [0.15, 0.2) is 54.6 Å². The van der Waals surface area contributed by atoms with Gasteiger partial charge in [-0.3, -0.25) is 4.79 Å². The lowest BCUT2D eigenvalue weighted by atomic mass is 10.1. The Hall–Kier alpha value is -3.32. The Morgan fingerprint density at radius 1 is 0.967 bits per heavy atom. The molecule has 0 atom stereocenters. The summed E-state index contributed by atoms with van der Waals surface area (Å²) in [7, 11) is 3.10. The number of benzene rings is 2. The quantitative estimate of drug-likeness (QED) is 0.525. The maximum absolute atomic E-state index is 12.7. The summed E-state index contributed by atoms with van der Waals surface area (Å²) in [6.45, 7) is 2.01. The number of ether oxygens (including phenoxy) is 3. The van der Waals surface area contributed by atoms with E-state index in [0.717, 1.165) is 16.0 Å². The lowest BCUT2D eigenvalue weighted by molar-refractivity contribution is -0.115. The third-order valence-corrected chi connectivity index (χ3v) is 5.45. The first kappa shape index (κ1) is 21.4. The minimum absolute atomic E-state index is 0.126. The summed E-state index contributed by atoms with van der Waals surface area (Å²) in [6.07, 6.45) is 0.126. The molecule has 1 heterocycles. The summed E-state index contributed by atoms with van der Waals surface area (Å²) in [5, 5.41) is 3.33. The van der Waals surface area contributed by atoms with Gasteiger partial charge in [-0.15, -0.1) is 11.3 Å². The Labute approximate surface area is 179 Å². The molecule has 0 saturated heterocycles. The third-order valence-electron chi connectivity index (χ3n) is 4.35. The molecule has 3 aromatic rings. The Balaban J connectivity index is 1.83. The van der Waals surface area contributed by atoms with Crippen molar-refractivity contribution in [3.63, 3.8) is 0 Å². The van der Waals surface area contributed by atoms with Crippen molar-refractivity contribution in [3.05, 3.63) is 65.7 Å². The van der Waals surface area contributed by atoms with Crippen LogP contribution >= 0.6 is 11.3 Å². The van der Waals surface area contributed by atoms with E-state index in [1.807, 2.05) is 30.3 Å². The SMILES string of the molecule is CCOC(=O)c1cc(-c2ccccc2)sc1NC(=O)Cc1ccc(OC)c(OC)c1. The average molecular weight is 426 g/mol. The van der Waals surface area contributed by atoms with Crippen LogP contribution in [-0.4, -0.2) is 32.7 Å². The first-order valence-corrected chi connectivity index (χ1v) is 10.2. The van der Waals surface area contributed by atoms with Crippen molar-refractivity contribution in [2.24, 2.45) is 0 Å². The molecule has 0 radical (unpaired) electrons. The van der Waals surface area contributed by atoms with Crippen LogP contribution < -0.4 is 14.8 Å². The summed E-state index contributed by atoms with van der Waals surface area (Å²) in [5.74, 6) is 0.445. The molecule has 0 spiro atoms. The molecule has 6 nitrogen and oxygen atoms in total. The molecule has 0 aliphatic carbocycles. The van der Waals surface area contributed by atoms with Crippen molar-refractivity contribution < 1.29 is 23.8 Å². The number of nitrogens with one attached hydrogen (secondary N) is 1. The zero-order valence-corrected chi connectivity index (χ0v) is 17.9. The fraction of sp³-hybridized carbons (Fsp3) is 0.217. The van der Waals surface area contributed by atoms with Gasteiger partial charge >= 0.3 is 5.97 Å². The van der Waals surface area contributed by atoms with Crippen LogP contribution in [0.2, 0.25) is 0 Å². The topological polar surface area (TPSA) is 73.9 Å². The maximum Gasteiger partial charge on any atom is 0.341 e. The van der Waals surface area contributed by atoms with Crippen molar-refractivity contribution >= 4 is 28.2 Å². The van der Waals surface area contributed by atoms with Gasteiger partial charge in [0.25, 0.3) is 0 Å². The minimum Gasteiger partial charge on any atom is -0.493 e. The molecule has 0 aliphatic heterocycles. The van der Waals surface area contributed by atoms with E-state index in [2.05, 4.69) is 5.32 Å². The number of hydrogen-bond acceptors (Lipinski definition) is 6. The van der Waals surface area contributed by atoms with E-state index in [1.165, 1.54) is 11.3 Å². The zero-order valence-electron chi connectivity index (χ0n) is 17.1. The van der Waals surface area contributed by atoms with E-state index >= 15 is 0 Å². The molecule has 0 unspecified atom stereocenters. The summed E-state index contributed by atoms with van der Waals surface area (Å²) in [5.41, 5.74) is 2.08. The van der Waals surface area contributed by atoms with Crippen molar-refractivity contribution in [2.75, 3.05) is 26.1 Å². The first-order valence-electron chi connectivity index (χ1n) is 9.42. The van der Waals surface area contributed by atoms with Crippen LogP contribution in [0.5, 0.6) is 11.5 Å². The zero-order chi connectivity index (χ0) is 21.5. The van der Waals surface area contributed by atoms with Crippen LogP contribution in [0, 0.1) is 0 Å². The van der Waals surface area contributed by atoms with Gasteiger partial charge in [-0.25, -0.2) is 4.79 Å². The average Bonchev–Trinajstić information content (AvgIpc) is 3.18. The second kappa shape index (κ2) is 9.93. The van der Waals surface area contributed by atoms with Crippen LogP contribution in [0.25, 0.3) is 10.4 Å². The number of amides is 1. The fourth-order valence-electron chi connectivity index (χ4n) is 2.94. The van der Waals surface area contributed by atoms with Crippen molar-refractivity contribution in [2.45, 2.75) is 13.3 Å². The molecule has 3 rings (SSSR count). The smallest absolute Gasteiger partial charge is 0.341 e. The number of thiophene rings is 1. The molecule has 1 amide bonds. The van der Waals surface area contributed by atoms with Gasteiger partial charge < -0.3 is 19.5 Å². The molecule has 2 aromatic carbocycles. The van der Waals surface area contributed by atoms with E-state index in [0.29, 0.717) is 22.1 Å². The summed E-state index contributed by atoms with van der Waals surface area (Å²) >= 11 is 1.34. The molecule has 7 heteroatoms. The van der Waals surface area contributed by atoms with E-state index in [9.17, 15) is 9.59 Å².